The summed E-state index contributed by atoms with van der Waals surface area (Å²) in [4.78, 5) is 6.67. The van der Waals surface area contributed by atoms with E-state index < -0.39 is 0 Å². The first kappa shape index (κ1) is 11.3. The Morgan fingerprint density at radius 2 is 2.44 bits per heavy atom. The zero-order valence-corrected chi connectivity index (χ0v) is 10.3. The second-order valence-electron chi connectivity index (χ2n) is 4.53. The van der Waals surface area contributed by atoms with E-state index in [4.69, 9.17) is 0 Å². The summed E-state index contributed by atoms with van der Waals surface area (Å²) in [6, 6.07) is 0.355. The van der Waals surface area contributed by atoms with Crippen molar-refractivity contribution >= 4 is 0 Å². The standard InChI is InChI=1S/C10H16N8/c1-17-9(13-15-16-17)4-6-18-5-2-3-8(18)10-11-7-12-14-10/h7-8H,2-6H2,1H3,(H,11,12,14)/t8-/m0/s1. The van der Waals surface area contributed by atoms with Gasteiger partial charge in [-0.15, -0.1) is 5.10 Å². The summed E-state index contributed by atoms with van der Waals surface area (Å²) in [7, 11) is 1.87. The van der Waals surface area contributed by atoms with Gasteiger partial charge in [-0.25, -0.2) is 9.67 Å². The molecule has 0 spiro atoms. The smallest absolute Gasteiger partial charge is 0.152 e. The molecule has 8 nitrogen and oxygen atoms in total. The highest BCUT2D eigenvalue weighted by molar-refractivity contribution is 4.97. The lowest BCUT2D eigenvalue weighted by Crippen LogP contribution is -2.27. The predicted molar refractivity (Wildman–Crippen MR) is 62.4 cm³/mol. The Kier molecular flexibility index (Phi) is 3.01. The Bertz CT molecular complexity index is 490. The van der Waals surface area contributed by atoms with Gasteiger partial charge in [0.15, 0.2) is 5.82 Å². The van der Waals surface area contributed by atoms with Crippen molar-refractivity contribution in [3.8, 4) is 0 Å². The maximum Gasteiger partial charge on any atom is 0.152 e. The van der Waals surface area contributed by atoms with E-state index in [0.717, 1.165) is 37.6 Å². The van der Waals surface area contributed by atoms with Crippen LogP contribution in [0.15, 0.2) is 6.33 Å². The van der Waals surface area contributed by atoms with Crippen LogP contribution < -0.4 is 0 Å². The van der Waals surface area contributed by atoms with Gasteiger partial charge in [-0.05, 0) is 29.8 Å². The van der Waals surface area contributed by atoms with E-state index >= 15 is 0 Å². The van der Waals surface area contributed by atoms with Crippen LogP contribution in [0.3, 0.4) is 0 Å². The first-order valence-corrected chi connectivity index (χ1v) is 6.15. The zero-order valence-electron chi connectivity index (χ0n) is 10.3. The average Bonchev–Trinajstić information content (AvgIpc) is 3.07. The van der Waals surface area contributed by atoms with Crippen LogP contribution in [0.5, 0.6) is 0 Å². The summed E-state index contributed by atoms with van der Waals surface area (Å²) in [6.45, 7) is 2.04. The second kappa shape index (κ2) is 4.81. The van der Waals surface area contributed by atoms with Crippen LogP contribution in [-0.2, 0) is 13.5 Å². The summed E-state index contributed by atoms with van der Waals surface area (Å²) >= 11 is 0. The highest BCUT2D eigenvalue weighted by Gasteiger charge is 2.27. The van der Waals surface area contributed by atoms with Crippen LogP contribution >= 0.6 is 0 Å². The molecular weight excluding hydrogens is 232 g/mol. The van der Waals surface area contributed by atoms with Crippen LogP contribution in [0.25, 0.3) is 0 Å². The number of H-pyrrole nitrogens is 1. The number of aryl methyl sites for hydroxylation is 1. The molecule has 1 N–H and O–H groups in total. The summed E-state index contributed by atoms with van der Waals surface area (Å²) in [5.41, 5.74) is 0. The van der Waals surface area contributed by atoms with Crippen LogP contribution in [-0.4, -0.2) is 53.4 Å². The van der Waals surface area contributed by atoms with Crippen LogP contribution in [0.1, 0.15) is 30.5 Å². The number of aromatic amines is 1. The fourth-order valence-corrected chi connectivity index (χ4v) is 2.48. The minimum absolute atomic E-state index is 0.355. The number of likely N-dealkylation sites (tertiary alicyclic amines) is 1. The minimum atomic E-state index is 0.355. The molecule has 0 bridgehead atoms. The van der Waals surface area contributed by atoms with Gasteiger partial charge in [0, 0.05) is 20.0 Å². The monoisotopic (exact) mass is 248 g/mol. The summed E-state index contributed by atoms with van der Waals surface area (Å²) in [5, 5.41) is 18.4. The van der Waals surface area contributed by atoms with E-state index in [2.05, 4.69) is 35.6 Å². The molecule has 0 radical (unpaired) electrons. The Balaban J connectivity index is 1.64. The van der Waals surface area contributed by atoms with Gasteiger partial charge in [0.25, 0.3) is 0 Å². The Morgan fingerprint density at radius 1 is 1.50 bits per heavy atom. The summed E-state index contributed by atoms with van der Waals surface area (Å²) in [5.74, 6) is 1.88. The highest BCUT2D eigenvalue weighted by Crippen LogP contribution is 2.29. The third-order valence-electron chi connectivity index (χ3n) is 3.44. The van der Waals surface area contributed by atoms with Crippen LogP contribution in [0.4, 0.5) is 0 Å². The molecule has 0 unspecified atom stereocenters. The molecule has 1 aliphatic rings. The molecule has 1 saturated heterocycles. The van der Waals surface area contributed by atoms with Crippen molar-refractivity contribution in [1.82, 2.24) is 40.3 Å². The Morgan fingerprint density at radius 3 is 3.17 bits per heavy atom. The number of hydrogen-bond acceptors (Lipinski definition) is 6. The normalized spacial score (nSPS) is 20.6. The predicted octanol–water partition coefficient (Wildman–Crippen LogP) is -0.292. The molecule has 0 aliphatic carbocycles. The van der Waals surface area contributed by atoms with Gasteiger partial charge in [-0.1, -0.05) is 0 Å². The molecule has 0 amide bonds. The van der Waals surface area contributed by atoms with Gasteiger partial charge in [0.05, 0.1) is 6.04 Å². The molecule has 1 fully saturated rings. The SMILES string of the molecule is Cn1nnnc1CCN1CCC[C@H]1c1ncn[nH]1. The van der Waals surface area contributed by atoms with Crippen molar-refractivity contribution < 1.29 is 0 Å². The molecule has 2 aromatic rings. The van der Waals surface area contributed by atoms with Crippen LogP contribution in [0.2, 0.25) is 0 Å². The number of rotatable bonds is 4. The molecule has 3 heterocycles. The Labute approximate surface area is 104 Å². The van der Waals surface area contributed by atoms with Crippen molar-refractivity contribution in [2.45, 2.75) is 25.3 Å². The molecular formula is C10H16N8. The molecule has 18 heavy (non-hydrogen) atoms. The van der Waals surface area contributed by atoms with Gasteiger partial charge in [0.2, 0.25) is 0 Å². The fourth-order valence-electron chi connectivity index (χ4n) is 2.48. The molecule has 2 aromatic heterocycles. The van der Waals surface area contributed by atoms with Crippen molar-refractivity contribution in [2.75, 3.05) is 13.1 Å². The topological polar surface area (TPSA) is 88.4 Å². The molecule has 3 rings (SSSR count). The van der Waals surface area contributed by atoms with E-state index in [-0.39, 0.29) is 0 Å². The van der Waals surface area contributed by atoms with Gasteiger partial charge < -0.3 is 0 Å². The molecule has 1 aliphatic heterocycles. The quantitative estimate of drug-likeness (QED) is 0.799. The number of nitrogens with zero attached hydrogens (tertiary/aromatic N) is 7. The second-order valence-corrected chi connectivity index (χ2v) is 4.53. The zero-order chi connectivity index (χ0) is 12.4. The number of tetrazole rings is 1. The maximum atomic E-state index is 4.26. The lowest BCUT2D eigenvalue weighted by molar-refractivity contribution is 0.249. The summed E-state index contributed by atoms with van der Waals surface area (Å²) < 4.78 is 1.72. The average molecular weight is 248 g/mol. The summed E-state index contributed by atoms with van der Waals surface area (Å²) in [6.07, 6.45) is 4.75. The molecule has 1 atom stereocenters. The maximum absolute atomic E-state index is 4.26. The molecule has 8 heteroatoms. The lowest BCUT2D eigenvalue weighted by Gasteiger charge is -2.21. The van der Waals surface area contributed by atoms with Gasteiger partial charge in [-0.3, -0.25) is 10.00 Å². The highest BCUT2D eigenvalue weighted by atomic mass is 15.5. The van der Waals surface area contributed by atoms with Crippen LogP contribution in [0, 0.1) is 0 Å². The van der Waals surface area contributed by atoms with E-state index in [0.29, 0.717) is 6.04 Å². The van der Waals surface area contributed by atoms with E-state index in [9.17, 15) is 0 Å². The third-order valence-corrected chi connectivity index (χ3v) is 3.44. The van der Waals surface area contributed by atoms with Crippen molar-refractivity contribution in [3.05, 3.63) is 18.0 Å². The van der Waals surface area contributed by atoms with Gasteiger partial charge in [-0.2, -0.15) is 5.10 Å². The largest absolute Gasteiger partial charge is 0.293 e. The molecule has 0 saturated carbocycles. The first-order chi connectivity index (χ1) is 8.84. The molecule has 0 aromatic carbocycles. The number of hydrogen-bond donors (Lipinski definition) is 1. The lowest BCUT2D eigenvalue weighted by atomic mass is 10.2. The first-order valence-electron chi connectivity index (χ1n) is 6.15. The number of nitrogens with one attached hydrogen (secondary N) is 1. The van der Waals surface area contributed by atoms with Gasteiger partial charge >= 0.3 is 0 Å². The fraction of sp³-hybridized carbons (Fsp3) is 0.700. The number of aromatic nitrogens is 7. The minimum Gasteiger partial charge on any atom is -0.293 e. The van der Waals surface area contributed by atoms with Crippen molar-refractivity contribution in [1.29, 1.82) is 0 Å². The van der Waals surface area contributed by atoms with E-state index in [1.807, 2.05) is 7.05 Å². The van der Waals surface area contributed by atoms with Crippen molar-refractivity contribution in [2.24, 2.45) is 7.05 Å². The van der Waals surface area contributed by atoms with Gasteiger partial charge in [0.1, 0.15) is 12.2 Å². The van der Waals surface area contributed by atoms with Crippen molar-refractivity contribution in [3.63, 3.8) is 0 Å². The molecule has 96 valence electrons. The third kappa shape index (κ3) is 2.10. The van der Waals surface area contributed by atoms with E-state index in [1.165, 1.54) is 6.42 Å². The Hall–Kier alpha value is -1.83. The van der Waals surface area contributed by atoms with E-state index in [1.54, 1.807) is 11.0 Å².